The van der Waals surface area contributed by atoms with E-state index in [1.165, 1.54) is 4.31 Å². The fraction of sp³-hybridized carbons (Fsp3) is 0.400. The first-order chi connectivity index (χ1) is 8.00. The van der Waals surface area contributed by atoms with Crippen molar-refractivity contribution in [1.82, 2.24) is 4.31 Å². The van der Waals surface area contributed by atoms with Crippen LogP contribution in [0.3, 0.4) is 0 Å². The summed E-state index contributed by atoms with van der Waals surface area (Å²) in [4.78, 5) is 0. The molecule has 0 unspecified atom stereocenters. The summed E-state index contributed by atoms with van der Waals surface area (Å²) in [6.07, 6.45) is 1.78. The Labute approximate surface area is 106 Å². The zero-order valence-corrected chi connectivity index (χ0v) is 10.8. The number of anilines is 2. The van der Waals surface area contributed by atoms with Crippen molar-refractivity contribution in [2.45, 2.75) is 12.8 Å². The summed E-state index contributed by atoms with van der Waals surface area (Å²) in [5, 5.41) is 0.299. The second-order valence-electron chi connectivity index (χ2n) is 3.92. The molecule has 1 saturated heterocycles. The maximum absolute atomic E-state index is 12.0. The molecule has 94 valence electrons. The van der Waals surface area contributed by atoms with Crippen LogP contribution < -0.4 is 10.5 Å². The summed E-state index contributed by atoms with van der Waals surface area (Å²) in [7, 11) is -3.54. The lowest BCUT2D eigenvalue weighted by Crippen LogP contribution is -2.33. The Balaban J connectivity index is 2.26. The number of para-hydroxylation sites is 1. The predicted octanol–water partition coefficient (Wildman–Crippen LogP) is 1.67. The molecular formula is C10H14ClN3O2S. The molecule has 1 heterocycles. The normalized spacial score (nSPS) is 17.2. The molecule has 1 aliphatic heterocycles. The van der Waals surface area contributed by atoms with Crippen LogP contribution in [0.2, 0.25) is 5.02 Å². The molecule has 0 bridgehead atoms. The summed E-state index contributed by atoms with van der Waals surface area (Å²) >= 11 is 5.92. The highest BCUT2D eigenvalue weighted by Crippen LogP contribution is 2.29. The Kier molecular flexibility index (Phi) is 3.46. The summed E-state index contributed by atoms with van der Waals surface area (Å²) in [6.45, 7) is 1.08. The molecular weight excluding hydrogens is 262 g/mol. The number of hydrogen-bond acceptors (Lipinski definition) is 3. The maximum Gasteiger partial charge on any atom is 0.301 e. The largest absolute Gasteiger partial charge is 0.397 e. The van der Waals surface area contributed by atoms with Crippen LogP contribution in [0.15, 0.2) is 18.2 Å². The third-order valence-electron chi connectivity index (χ3n) is 2.68. The predicted molar refractivity (Wildman–Crippen MR) is 69.2 cm³/mol. The van der Waals surface area contributed by atoms with E-state index < -0.39 is 10.2 Å². The first kappa shape index (κ1) is 12.5. The molecule has 0 aliphatic carbocycles. The summed E-state index contributed by atoms with van der Waals surface area (Å²) in [6, 6.07) is 4.87. The highest BCUT2D eigenvalue weighted by atomic mass is 35.5. The molecule has 0 atom stereocenters. The van der Waals surface area contributed by atoms with Crippen molar-refractivity contribution in [3.63, 3.8) is 0 Å². The van der Waals surface area contributed by atoms with Crippen molar-refractivity contribution in [3.05, 3.63) is 23.2 Å². The number of nitrogens with two attached hydrogens (primary N) is 1. The highest BCUT2D eigenvalue weighted by molar-refractivity contribution is 7.90. The van der Waals surface area contributed by atoms with E-state index in [-0.39, 0.29) is 5.69 Å². The molecule has 7 heteroatoms. The summed E-state index contributed by atoms with van der Waals surface area (Å²) in [5.74, 6) is 0. The van der Waals surface area contributed by atoms with Crippen molar-refractivity contribution in [3.8, 4) is 0 Å². The molecule has 1 aromatic carbocycles. The second-order valence-corrected chi connectivity index (χ2v) is 6.00. The SMILES string of the molecule is Nc1cccc(Cl)c1NS(=O)(=O)N1CCCC1. The van der Waals surface area contributed by atoms with Gasteiger partial charge in [0.15, 0.2) is 0 Å². The van der Waals surface area contributed by atoms with Crippen molar-refractivity contribution < 1.29 is 8.42 Å². The molecule has 2 rings (SSSR count). The van der Waals surface area contributed by atoms with E-state index in [0.29, 0.717) is 23.8 Å². The molecule has 17 heavy (non-hydrogen) atoms. The van der Waals surface area contributed by atoms with Gasteiger partial charge in [0.2, 0.25) is 0 Å². The fourth-order valence-corrected chi connectivity index (χ4v) is 3.41. The van der Waals surface area contributed by atoms with Gasteiger partial charge >= 0.3 is 10.2 Å². The second kappa shape index (κ2) is 4.72. The van der Waals surface area contributed by atoms with Gasteiger partial charge in [0.25, 0.3) is 0 Å². The fourth-order valence-electron chi connectivity index (χ4n) is 1.77. The molecule has 1 aliphatic rings. The van der Waals surface area contributed by atoms with Gasteiger partial charge in [-0.05, 0) is 25.0 Å². The summed E-state index contributed by atoms with van der Waals surface area (Å²) in [5.41, 5.74) is 6.27. The Morgan fingerprint density at radius 3 is 2.53 bits per heavy atom. The Hall–Kier alpha value is -0.980. The van der Waals surface area contributed by atoms with Crippen LogP contribution in [-0.4, -0.2) is 25.8 Å². The minimum absolute atomic E-state index is 0.251. The molecule has 0 spiro atoms. The Morgan fingerprint density at radius 2 is 1.94 bits per heavy atom. The van der Waals surface area contributed by atoms with Crippen LogP contribution in [-0.2, 0) is 10.2 Å². The third kappa shape index (κ3) is 2.65. The summed E-state index contributed by atoms with van der Waals surface area (Å²) < 4.78 is 27.9. The molecule has 0 amide bonds. The van der Waals surface area contributed by atoms with Crippen LogP contribution in [0.5, 0.6) is 0 Å². The standard InChI is InChI=1S/C10H14ClN3O2S/c11-8-4-3-5-9(12)10(8)13-17(15,16)14-6-1-2-7-14/h3-5,13H,1-2,6-7,12H2. The van der Waals surface area contributed by atoms with Crippen molar-refractivity contribution in [2.75, 3.05) is 23.5 Å². The lowest BCUT2D eigenvalue weighted by molar-refractivity contribution is 0.482. The van der Waals surface area contributed by atoms with Crippen LogP contribution in [0.25, 0.3) is 0 Å². The van der Waals surface area contributed by atoms with Crippen molar-refractivity contribution >= 4 is 33.2 Å². The molecule has 1 fully saturated rings. The van der Waals surface area contributed by atoms with E-state index in [4.69, 9.17) is 17.3 Å². The number of halogens is 1. The van der Waals surface area contributed by atoms with Gasteiger partial charge in [-0.1, -0.05) is 17.7 Å². The maximum atomic E-state index is 12.0. The van der Waals surface area contributed by atoms with Gasteiger partial charge in [0, 0.05) is 13.1 Å². The zero-order valence-electron chi connectivity index (χ0n) is 9.19. The molecule has 0 radical (unpaired) electrons. The molecule has 1 aromatic rings. The van der Waals surface area contributed by atoms with E-state index in [0.717, 1.165) is 12.8 Å². The van der Waals surface area contributed by atoms with Gasteiger partial charge in [-0.15, -0.1) is 0 Å². The van der Waals surface area contributed by atoms with E-state index in [1.807, 2.05) is 0 Å². The number of nitrogens with zero attached hydrogens (tertiary/aromatic N) is 1. The monoisotopic (exact) mass is 275 g/mol. The van der Waals surface area contributed by atoms with Crippen molar-refractivity contribution in [1.29, 1.82) is 0 Å². The van der Waals surface area contributed by atoms with E-state index in [2.05, 4.69) is 4.72 Å². The Bertz CT molecular complexity index is 492. The van der Waals surface area contributed by atoms with Crippen LogP contribution >= 0.6 is 11.6 Å². The first-order valence-electron chi connectivity index (χ1n) is 5.32. The van der Waals surface area contributed by atoms with Crippen LogP contribution in [0.4, 0.5) is 11.4 Å². The lowest BCUT2D eigenvalue weighted by atomic mass is 10.3. The average Bonchev–Trinajstić information content (AvgIpc) is 2.77. The van der Waals surface area contributed by atoms with Crippen LogP contribution in [0.1, 0.15) is 12.8 Å². The first-order valence-corrected chi connectivity index (χ1v) is 7.14. The van der Waals surface area contributed by atoms with E-state index in [9.17, 15) is 8.42 Å². The molecule has 5 nitrogen and oxygen atoms in total. The number of nitrogen functional groups attached to an aromatic ring is 1. The third-order valence-corrected chi connectivity index (χ3v) is 4.50. The lowest BCUT2D eigenvalue weighted by Gasteiger charge is -2.18. The minimum Gasteiger partial charge on any atom is -0.397 e. The van der Waals surface area contributed by atoms with Gasteiger partial charge in [-0.2, -0.15) is 12.7 Å². The smallest absolute Gasteiger partial charge is 0.301 e. The van der Waals surface area contributed by atoms with Gasteiger partial charge < -0.3 is 5.73 Å². The van der Waals surface area contributed by atoms with Gasteiger partial charge in [-0.3, -0.25) is 4.72 Å². The number of hydrogen-bond donors (Lipinski definition) is 2. The quantitative estimate of drug-likeness (QED) is 0.824. The number of rotatable bonds is 3. The van der Waals surface area contributed by atoms with Gasteiger partial charge in [0.05, 0.1) is 16.4 Å². The van der Waals surface area contributed by atoms with Gasteiger partial charge in [0.1, 0.15) is 0 Å². The highest BCUT2D eigenvalue weighted by Gasteiger charge is 2.26. The number of nitrogens with one attached hydrogen (secondary N) is 1. The topological polar surface area (TPSA) is 75.4 Å². The molecule has 3 N–H and O–H groups in total. The molecule has 0 aromatic heterocycles. The van der Waals surface area contributed by atoms with E-state index >= 15 is 0 Å². The van der Waals surface area contributed by atoms with Gasteiger partial charge in [-0.25, -0.2) is 0 Å². The number of benzene rings is 1. The zero-order chi connectivity index (χ0) is 12.5. The van der Waals surface area contributed by atoms with Crippen molar-refractivity contribution in [2.24, 2.45) is 0 Å². The van der Waals surface area contributed by atoms with E-state index in [1.54, 1.807) is 18.2 Å². The molecule has 0 saturated carbocycles. The minimum atomic E-state index is -3.54. The Morgan fingerprint density at radius 1 is 1.29 bits per heavy atom. The van der Waals surface area contributed by atoms with Crippen LogP contribution in [0, 0.1) is 0 Å². The average molecular weight is 276 g/mol.